The van der Waals surface area contributed by atoms with E-state index >= 15 is 0 Å². The van der Waals surface area contributed by atoms with E-state index in [2.05, 4.69) is 98.6 Å². The largest absolute Gasteiger partial charge is 0.396 e. The lowest BCUT2D eigenvalue weighted by Crippen LogP contribution is -2.40. The molecule has 2 amide bonds. The summed E-state index contributed by atoms with van der Waals surface area (Å²) in [5.41, 5.74) is 6.25. The molecule has 4 aromatic carbocycles. The molecule has 3 unspecified atom stereocenters. The fourth-order valence-corrected chi connectivity index (χ4v) is 7.61. The van der Waals surface area contributed by atoms with Crippen molar-refractivity contribution < 1.29 is 47.0 Å². The highest BCUT2D eigenvalue weighted by Gasteiger charge is 2.42. The van der Waals surface area contributed by atoms with Gasteiger partial charge in [0.1, 0.15) is 0 Å². The van der Waals surface area contributed by atoms with E-state index in [9.17, 15) is 32.3 Å². The van der Waals surface area contributed by atoms with Crippen molar-refractivity contribution in [3.8, 4) is 0 Å². The van der Waals surface area contributed by atoms with Gasteiger partial charge in [-0.25, -0.2) is 33.4 Å². The Morgan fingerprint density at radius 1 is 0.786 bits per heavy atom. The van der Waals surface area contributed by atoms with Crippen molar-refractivity contribution in [2.45, 2.75) is 45.8 Å². The summed E-state index contributed by atoms with van der Waals surface area (Å²) >= 11 is 10.1. The number of nitrogens with one attached hydrogen (secondary N) is 4. The molecule has 0 bridgehead atoms. The molecule has 2 fully saturated rings. The first-order valence-corrected chi connectivity index (χ1v) is 20.8. The highest BCUT2D eigenvalue weighted by atomic mass is 127. The highest BCUT2D eigenvalue weighted by molar-refractivity contribution is 14.1. The highest BCUT2D eigenvalue weighted by Crippen LogP contribution is 2.40. The van der Waals surface area contributed by atoms with E-state index < -0.39 is 40.9 Å². The van der Waals surface area contributed by atoms with Crippen molar-refractivity contribution in [2.24, 2.45) is 17.8 Å². The number of halogens is 8. The van der Waals surface area contributed by atoms with Crippen LogP contribution < -0.4 is 21.6 Å². The standard InChI is InChI=1S/2C19H18BrF2IN2O3/c1-9-7-11(23)5-6-14(9)24-17-12(8-13(20)15(21)16(17)22)18(26)25-28-19(2,27)10-3-4-10;1-9-4-12(23)2-3-15(9)24-18-13(6-14(20)16(21)17(18)22)19(27)25-28-8-11-5-10(11)7-26/h5-8,10,24,27H,3-4H2,1-2H3,(H,25,26);2-4,6,10-11,24,26H,5,7-8H2,1H3,(H,25,27). The zero-order valence-electron chi connectivity index (χ0n) is 29.9. The zero-order chi connectivity index (χ0) is 41.1. The van der Waals surface area contributed by atoms with Gasteiger partial charge in [0.25, 0.3) is 11.8 Å². The lowest BCUT2D eigenvalue weighted by Gasteiger charge is -2.23. The average Bonchev–Trinajstić information content (AvgIpc) is 4.09. The number of anilines is 4. The third kappa shape index (κ3) is 11.1. The van der Waals surface area contributed by atoms with Gasteiger partial charge in [-0.15, -0.1) is 0 Å². The molecule has 0 aliphatic heterocycles. The minimum absolute atomic E-state index is 0.0727. The Morgan fingerprint density at radius 2 is 1.25 bits per heavy atom. The van der Waals surface area contributed by atoms with Gasteiger partial charge < -0.3 is 20.8 Å². The number of hydroxylamine groups is 2. The fraction of sp³-hybridized carbons (Fsp3) is 0.316. The minimum Gasteiger partial charge on any atom is -0.396 e. The maximum absolute atomic E-state index is 14.7. The van der Waals surface area contributed by atoms with Crippen molar-refractivity contribution in [1.82, 2.24) is 11.0 Å². The number of hydrogen-bond acceptors (Lipinski definition) is 8. The number of benzene rings is 4. The molecule has 4 aromatic rings. The van der Waals surface area contributed by atoms with Gasteiger partial charge in [0.2, 0.25) is 0 Å². The molecule has 0 saturated heterocycles. The van der Waals surface area contributed by atoms with Gasteiger partial charge >= 0.3 is 0 Å². The van der Waals surface area contributed by atoms with Crippen molar-refractivity contribution in [3.63, 3.8) is 0 Å². The average molecular weight is 1130 g/mol. The molecule has 10 nitrogen and oxygen atoms in total. The summed E-state index contributed by atoms with van der Waals surface area (Å²) < 4.78 is 59.1. The van der Waals surface area contributed by atoms with Crippen molar-refractivity contribution in [1.29, 1.82) is 0 Å². The number of rotatable bonds is 13. The van der Waals surface area contributed by atoms with Crippen LogP contribution in [0.1, 0.15) is 58.0 Å². The number of aliphatic hydroxyl groups excluding tert-OH is 1. The van der Waals surface area contributed by atoms with Gasteiger partial charge in [-0.1, -0.05) is 0 Å². The molecular formula is C38H36Br2F4I2N4O6. The molecule has 3 atom stereocenters. The number of aliphatic hydroxyl groups is 2. The molecule has 56 heavy (non-hydrogen) atoms. The van der Waals surface area contributed by atoms with Crippen molar-refractivity contribution >= 4 is 112 Å². The first kappa shape index (κ1) is 44.5. The van der Waals surface area contributed by atoms with E-state index in [1.54, 1.807) is 18.2 Å². The normalized spacial score (nSPS) is 16.9. The van der Waals surface area contributed by atoms with Crippen LogP contribution in [0.2, 0.25) is 0 Å². The predicted octanol–water partition coefficient (Wildman–Crippen LogP) is 9.84. The second kappa shape index (κ2) is 19.0. The Labute approximate surface area is 364 Å². The monoisotopic (exact) mass is 1130 g/mol. The van der Waals surface area contributed by atoms with Crippen LogP contribution in [0.3, 0.4) is 0 Å². The second-order valence-corrected chi connectivity index (χ2v) is 17.7. The lowest BCUT2D eigenvalue weighted by molar-refractivity contribution is -0.230. The minimum atomic E-state index is -1.52. The van der Waals surface area contributed by atoms with Crippen LogP contribution in [0, 0.1) is 62.0 Å². The number of carbonyl (C=O) groups is 2. The summed E-state index contributed by atoms with van der Waals surface area (Å²) in [5.74, 6) is -7.31. The summed E-state index contributed by atoms with van der Waals surface area (Å²) in [6.07, 6.45) is 2.42. The number of carbonyl (C=O) groups excluding carboxylic acids is 2. The van der Waals surface area contributed by atoms with Gasteiger partial charge in [-0.3, -0.25) is 14.4 Å². The van der Waals surface area contributed by atoms with E-state index in [0.29, 0.717) is 11.4 Å². The fourth-order valence-electron chi connectivity index (χ4n) is 5.51. The van der Waals surface area contributed by atoms with Gasteiger partial charge in [-0.05, 0) is 189 Å². The molecule has 6 N–H and O–H groups in total. The first-order chi connectivity index (χ1) is 26.4. The SMILES string of the molecule is Cc1cc(I)ccc1Nc1c(C(=O)NOC(C)(O)C2CC2)cc(Br)c(F)c1F.Cc1cc(I)ccc1Nc1c(C(=O)NOCC2CC2CO)cc(Br)c(F)c1F. The van der Waals surface area contributed by atoms with E-state index in [1.165, 1.54) is 13.0 Å². The topological polar surface area (TPSA) is 141 Å². The molecule has 2 saturated carbocycles. The Hall–Kier alpha value is -2.60. The Balaban J connectivity index is 0.000000214. The van der Waals surface area contributed by atoms with Crippen LogP contribution in [0.25, 0.3) is 0 Å². The lowest BCUT2D eigenvalue weighted by atomic mass is 10.1. The quantitative estimate of drug-likeness (QED) is 0.0256. The zero-order valence-corrected chi connectivity index (χ0v) is 37.4. The Bertz CT molecular complexity index is 2150. The van der Waals surface area contributed by atoms with Crippen LogP contribution in [0.5, 0.6) is 0 Å². The van der Waals surface area contributed by atoms with E-state index in [0.717, 1.165) is 43.6 Å². The van der Waals surface area contributed by atoms with Crippen LogP contribution in [-0.2, 0) is 9.68 Å². The molecule has 0 heterocycles. The van der Waals surface area contributed by atoms with Gasteiger partial charge in [0.05, 0.1) is 38.1 Å². The van der Waals surface area contributed by atoms with Crippen LogP contribution in [0.4, 0.5) is 40.3 Å². The molecule has 2 aliphatic carbocycles. The van der Waals surface area contributed by atoms with Crippen LogP contribution in [-0.4, -0.2) is 41.0 Å². The second-order valence-electron chi connectivity index (χ2n) is 13.5. The maximum atomic E-state index is 14.7. The van der Waals surface area contributed by atoms with E-state index in [4.69, 9.17) is 14.8 Å². The molecular weight excluding hydrogens is 1100 g/mol. The summed E-state index contributed by atoms with van der Waals surface area (Å²) in [4.78, 5) is 35.4. The third-order valence-corrected chi connectivity index (χ3v) is 11.7. The summed E-state index contributed by atoms with van der Waals surface area (Å²) in [6.45, 7) is 5.42. The summed E-state index contributed by atoms with van der Waals surface area (Å²) in [7, 11) is 0. The molecule has 300 valence electrons. The van der Waals surface area contributed by atoms with Crippen molar-refractivity contribution in [3.05, 3.63) is 110 Å². The predicted molar refractivity (Wildman–Crippen MR) is 226 cm³/mol. The van der Waals surface area contributed by atoms with Crippen LogP contribution in [0.15, 0.2) is 57.5 Å². The Morgan fingerprint density at radius 3 is 1.66 bits per heavy atom. The van der Waals surface area contributed by atoms with Gasteiger partial charge in [-0.2, -0.15) is 0 Å². The first-order valence-electron chi connectivity index (χ1n) is 17.1. The number of hydrogen-bond donors (Lipinski definition) is 6. The molecule has 6 rings (SSSR count). The van der Waals surface area contributed by atoms with Gasteiger partial charge in [0, 0.05) is 31.0 Å². The van der Waals surface area contributed by atoms with Crippen LogP contribution >= 0.6 is 77.0 Å². The number of amides is 2. The Kier molecular flexibility index (Phi) is 15.1. The van der Waals surface area contributed by atoms with E-state index in [1.807, 2.05) is 32.0 Å². The molecule has 2 aliphatic rings. The van der Waals surface area contributed by atoms with Crippen molar-refractivity contribution in [2.75, 3.05) is 23.8 Å². The molecule has 0 radical (unpaired) electrons. The molecule has 0 spiro atoms. The third-order valence-electron chi connectivity index (χ3n) is 9.16. The maximum Gasteiger partial charge on any atom is 0.277 e. The summed E-state index contributed by atoms with van der Waals surface area (Å²) in [5, 5.41) is 24.8. The molecule has 0 aromatic heterocycles. The van der Waals surface area contributed by atoms with Gasteiger partial charge in [0.15, 0.2) is 29.1 Å². The summed E-state index contributed by atoms with van der Waals surface area (Å²) in [6, 6.07) is 13.2. The van der Waals surface area contributed by atoms with E-state index in [-0.39, 0.29) is 62.4 Å². The smallest absolute Gasteiger partial charge is 0.277 e. The molecule has 18 heteroatoms. The number of aryl methyl sites for hydroxylation is 2.